The summed E-state index contributed by atoms with van der Waals surface area (Å²) in [6.45, 7) is 6.69. The molecule has 5 rings (SSSR count). The molecule has 0 atom stereocenters. The molecular formula is C34H29ClN2O3S. The second-order valence-electron chi connectivity index (χ2n) is 9.16. The number of amides is 1. The maximum atomic E-state index is 13.8. The number of aliphatic imine (C=N–C) groups is 1. The van der Waals surface area contributed by atoms with Crippen LogP contribution in [0.2, 0.25) is 5.02 Å². The van der Waals surface area contributed by atoms with Crippen molar-refractivity contribution in [2.24, 2.45) is 4.99 Å². The van der Waals surface area contributed by atoms with Gasteiger partial charge < -0.3 is 9.47 Å². The van der Waals surface area contributed by atoms with Crippen LogP contribution in [0.4, 0.5) is 11.4 Å². The van der Waals surface area contributed by atoms with Crippen LogP contribution in [-0.2, 0) is 17.8 Å². The summed E-state index contributed by atoms with van der Waals surface area (Å²) in [4.78, 5) is 20.8. The SMILES string of the molecule is C=CCc1cc(/C=C2/SC(=Nc3ccccc3)N(c3ccccc3)C2=O)cc(OCC)c1OCc1ccc(Cl)cc1. The minimum atomic E-state index is -0.137. The maximum Gasteiger partial charge on any atom is 0.271 e. The van der Waals surface area contributed by atoms with Crippen LogP contribution in [0, 0.1) is 0 Å². The van der Waals surface area contributed by atoms with Gasteiger partial charge in [-0.1, -0.05) is 66.2 Å². The maximum absolute atomic E-state index is 13.8. The number of amidine groups is 1. The fraction of sp³-hybridized carbons (Fsp3) is 0.118. The van der Waals surface area contributed by atoms with Gasteiger partial charge in [-0.15, -0.1) is 6.58 Å². The molecule has 1 aliphatic heterocycles. The molecule has 1 heterocycles. The first-order valence-electron chi connectivity index (χ1n) is 13.3. The summed E-state index contributed by atoms with van der Waals surface area (Å²) in [5.41, 5.74) is 4.27. The third-order valence-electron chi connectivity index (χ3n) is 6.21. The summed E-state index contributed by atoms with van der Waals surface area (Å²) in [6.07, 6.45) is 4.29. The molecular weight excluding hydrogens is 552 g/mol. The molecule has 0 saturated carbocycles. The number of ether oxygens (including phenoxy) is 2. The van der Waals surface area contributed by atoms with Gasteiger partial charge in [-0.05, 0) is 90.8 Å². The van der Waals surface area contributed by atoms with Crippen LogP contribution in [0.5, 0.6) is 11.5 Å². The van der Waals surface area contributed by atoms with Gasteiger partial charge >= 0.3 is 0 Å². The Morgan fingerprint density at radius 2 is 1.66 bits per heavy atom. The normalized spacial score (nSPS) is 15.0. The average Bonchev–Trinajstić information content (AvgIpc) is 3.28. The Morgan fingerprint density at radius 1 is 0.951 bits per heavy atom. The van der Waals surface area contributed by atoms with Crippen molar-refractivity contribution in [2.45, 2.75) is 20.0 Å². The zero-order valence-corrected chi connectivity index (χ0v) is 24.2. The minimum Gasteiger partial charge on any atom is -0.490 e. The average molecular weight is 581 g/mol. The van der Waals surface area contributed by atoms with E-state index in [0.717, 1.165) is 28.1 Å². The van der Waals surface area contributed by atoms with Crippen LogP contribution in [0.3, 0.4) is 0 Å². The number of halogens is 1. The highest BCUT2D eigenvalue weighted by Crippen LogP contribution is 2.40. The lowest BCUT2D eigenvalue weighted by atomic mass is 10.0. The molecule has 1 saturated heterocycles. The molecule has 0 spiro atoms. The number of benzene rings is 4. The molecule has 0 aliphatic carbocycles. The van der Waals surface area contributed by atoms with Gasteiger partial charge in [0.25, 0.3) is 5.91 Å². The Kier molecular flexibility index (Phi) is 9.24. The molecule has 0 unspecified atom stereocenters. The van der Waals surface area contributed by atoms with Gasteiger partial charge in [-0.3, -0.25) is 9.69 Å². The zero-order chi connectivity index (χ0) is 28.6. The lowest BCUT2D eigenvalue weighted by Crippen LogP contribution is -2.28. The number of allylic oxidation sites excluding steroid dienone is 1. The number of carbonyl (C=O) groups is 1. The van der Waals surface area contributed by atoms with Crippen molar-refractivity contribution in [2.75, 3.05) is 11.5 Å². The number of rotatable bonds is 10. The first-order chi connectivity index (χ1) is 20.1. The van der Waals surface area contributed by atoms with E-state index in [1.807, 2.05) is 116 Å². The van der Waals surface area contributed by atoms with Crippen molar-refractivity contribution < 1.29 is 14.3 Å². The van der Waals surface area contributed by atoms with Gasteiger partial charge in [0.15, 0.2) is 16.7 Å². The highest BCUT2D eigenvalue weighted by Gasteiger charge is 2.34. The molecule has 0 radical (unpaired) electrons. The summed E-state index contributed by atoms with van der Waals surface area (Å²) in [6, 6.07) is 30.7. The Balaban J connectivity index is 1.51. The Hall–Kier alpha value is -4.26. The topological polar surface area (TPSA) is 51.1 Å². The number of nitrogens with zero attached hydrogens (tertiary/aromatic N) is 2. The fourth-order valence-electron chi connectivity index (χ4n) is 4.35. The summed E-state index contributed by atoms with van der Waals surface area (Å²) in [5, 5.41) is 1.27. The van der Waals surface area contributed by atoms with Crippen LogP contribution in [-0.4, -0.2) is 17.7 Å². The molecule has 206 valence electrons. The quantitative estimate of drug-likeness (QED) is 0.139. The van der Waals surface area contributed by atoms with E-state index in [9.17, 15) is 4.79 Å². The number of hydrogen-bond donors (Lipinski definition) is 0. The minimum absolute atomic E-state index is 0.137. The molecule has 0 bridgehead atoms. The lowest BCUT2D eigenvalue weighted by molar-refractivity contribution is -0.113. The van der Waals surface area contributed by atoms with Crippen molar-refractivity contribution in [3.8, 4) is 11.5 Å². The van der Waals surface area contributed by atoms with Gasteiger partial charge in [0.1, 0.15) is 6.61 Å². The van der Waals surface area contributed by atoms with E-state index in [0.29, 0.717) is 46.2 Å². The lowest BCUT2D eigenvalue weighted by Gasteiger charge is -2.17. The first-order valence-corrected chi connectivity index (χ1v) is 14.5. The Labute approximate surface area is 249 Å². The van der Waals surface area contributed by atoms with Crippen LogP contribution < -0.4 is 14.4 Å². The molecule has 1 fully saturated rings. The van der Waals surface area contributed by atoms with E-state index in [1.54, 1.807) is 4.90 Å². The van der Waals surface area contributed by atoms with Crippen LogP contribution in [0.15, 0.2) is 120 Å². The number of para-hydroxylation sites is 2. The molecule has 1 amide bonds. The van der Waals surface area contributed by atoms with Crippen molar-refractivity contribution in [3.05, 3.63) is 136 Å². The predicted octanol–water partition coefficient (Wildman–Crippen LogP) is 8.85. The summed E-state index contributed by atoms with van der Waals surface area (Å²) < 4.78 is 12.3. The molecule has 7 heteroatoms. The third kappa shape index (κ3) is 6.91. The van der Waals surface area contributed by atoms with Crippen molar-refractivity contribution in [1.82, 2.24) is 0 Å². The van der Waals surface area contributed by atoms with Gasteiger partial charge in [-0.2, -0.15) is 0 Å². The Morgan fingerprint density at radius 3 is 2.34 bits per heavy atom. The number of anilines is 1. The highest BCUT2D eigenvalue weighted by atomic mass is 35.5. The van der Waals surface area contributed by atoms with Gasteiger partial charge in [-0.25, -0.2) is 4.99 Å². The van der Waals surface area contributed by atoms with E-state index in [-0.39, 0.29) is 5.91 Å². The van der Waals surface area contributed by atoms with Crippen LogP contribution >= 0.6 is 23.4 Å². The van der Waals surface area contributed by atoms with E-state index >= 15 is 0 Å². The number of carbonyl (C=O) groups excluding carboxylic acids is 1. The van der Waals surface area contributed by atoms with E-state index in [1.165, 1.54) is 11.8 Å². The summed E-state index contributed by atoms with van der Waals surface area (Å²) >= 11 is 7.39. The standard InChI is InChI=1S/C34H29ClN2O3S/c1-3-11-26-20-25(21-30(39-4-2)32(26)40-23-24-16-18-27(35)19-17-24)22-31-33(38)37(29-14-9-6-10-15-29)34(41-31)36-28-12-7-5-8-13-28/h3,5-10,12-22H,1,4,11,23H2,2H3/b31-22+,36-34?. The van der Waals surface area contributed by atoms with Crippen molar-refractivity contribution >= 4 is 51.9 Å². The van der Waals surface area contributed by atoms with Gasteiger partial charge in [0.05, 0.1) is 22.9 Å². The van der Waals surface area contributed by atoms with E-state index < -0.39 is 0 Å². The molecule has 5 nitrogen and oxygen atoms in total. The molecule has 4 aromatic rings. The number of hydrogen-bond acceptors (Lipinski definition) is 5. The third-order valence-corrected chi connectivity index (χ3v) is 7.43. The Bertz CT molecular complexity index is 1590. The van der Waals surface area contributed by atoms with Crippen molar-refractivity contribution in [3.63, 3.8) is 0 Å². The van der Waals surface area contributed by atoms with Crippen LogP contribution in [0.1, 0.15) is 23.6 Å². The van der Waals surface area contributed by atoms with Crippen molar-refractivity contribution in [1.29, 1.82) is 0 Å². The van der Waals surface area contributed by atoms with E-state index in [2.05, 4.69) is 6.58 Å². The molecule has 41 heavy (non-hydrogen) atoms. The van der Waals surface area contributed by atoms with Gasteiger partial charge in [0.2, 0.25) is 0 Å². The largest absolute Gasteiger partial charge is 0.490 e. The second kappa shape index (κ2) is 13.4. The molecule has 1 aliphatic rings. The highest BCUT2D eigenvalue weighted by molar-refractivity contribution is 8.19. The zero-order valence-electron chi connectivity index (χ0n) is 22.6. The summed E-state index contributed by atoms with van der Waals surface area (Å²) in [7, 11) is 0. The monoisotopic (exact) mass is 580 g/mol. The molecule has 4 aromatic carbocycles. The van der Waals surface area contributed by atoms with Gasteiger partial charge in [0, 0.05) is 10.6 Å². The molecule has 0 aromatic heterocycles. The predicted molar refractivity (Wildman–Crippen MR) is 170 cm³/mol. The fourth-order valence-corrected chi connectivity index (χ4v) is 5.48. The molecule has 0 N–H and O–H groups in total. The smallest absolute Gasteiger partial charge is 0.271 e. The number of thioether (sulfide) groups is 1. The van der Waals surface area contributed by atoms with E-state index in [4.69, 9.17) is 26.1 Å². The van der Waals surface area contributed by atoms with Crippen LogP contribution in [0.25, 0.3) is 6.08 Å². The second-order valence-corrected chi connectivity index (χ2v) is 10.6. The summed E-state index contributed by atoms with van der Waals surface area (Å²) in [5.74, 6) is 1.13. The first kappa shape index (κ1) is 28.3.